The Morgan fingerprint density at radius 3 is 2.59 bits per heavy atom. The fourth-order valence-corrected chi connectivity index (χ4v) is 1.84. The number of rotatable bonds is 4. The first-order valence-electron chi connectivity index (χ1n) is 5.15. The first-order chi connectivity index (χ1) is 7.84. The smallest absolute Gasteiger partial charge is 0.303 e. The van der Waals surface area contributed by atoms with Crippen LogP contribution in [0.5, 0.6) is 0 Å². The van der Waals surface area contributed by atoms with Crippen LogP contribution in [0.3, 0.4) is 0 Å². The summed E-state index contributed by atoms with van der Waals surface area (Å²) < 4.78 is 38.1. The lowest BCUT2D eigenvalue weighted by atomic mass is 10.0. The summed E-state index contributed by atoms with van der Waals surface area (Å²) in [7, 11) is 0. The molecule has 0 fully saturated rings. The van der Waals surface area contributed by atoms with E-state index in [1.165, 1.54) is 6.07 Å². The summed E-state index contributed by atoms with van der Waals surface area (Å²) in [4.78, 5) is 10.4. The van der Waals surface area contributed by atoms with Crippen LogP contribution in [-0.4, -0.2) is 6.29 Å². The fourth-order valence-electron chi connectivity index (χ4n) is 1.39. The summed E-state index contributed by atoms with van der Waals surface area (Å²) in [6.07, 6.45) is -2.53. The van der Waals surface area contributed by atoms with Crippen molar-refractivity contribution in [3.8, 4) is 0 Å². The Balaban J connectivity index is 2.87. The first kappa shape index (κ1) is 14.2. The maximum atomic E-state index is 12.5. The van der Waals surface area contributed by atoms with Gasteiger partial charge >= 0.3 is 6.18 Å². The van der Waals surface area contributed by atoms with Crippen LogP contribution in [0.2, 0.25) is 0 Å². The maximum absolute atomic E-state index is 12.5. The molecule has 0 aromatic heterocycles. The molecule has 0 aliphatic rings. The lowest BCUT2D eigenvalue weighted by molar-refractivity contribution is -0.137. The van der Waals surface area contributed by atoms with Gasteiger partial charge in [-0.25, -0.2) is 0 Å². The molecule has 5 heteroatoms. The minimum Gasteiger partial charge on any atom is -0.303 e. The standard InChI is InChI=1S/C12H12BrF3O/c1-8(7-17)2-3-9-6-10(12(14,15)16)4-5-11(9)13/h4-8H,2-3H2,1H3/t8-/m0/s1. The van der Waals surface area contributed by atoms with Crippen molar-refractivity contribution in [1.82, 2.24) is 0 Å². The van der Waals surface area contributed by atoms with Crippen molar-refractivity contribution in [2.75, 3.05) is 0 Å². The van der Waals surface area contributed by atoms with E-state index in [0.29, 0.717) is 22.9 Å². The number of carbonyl (C=O) groups excluding carboxylic acids is 1. The third-order valence-electron chi connectivity index (χ3n) is 2.47. The lowest BCUT2D eigenvalue weighted by Crippen LogP contribution is -2.06. The molecule has 0 saturated heterocycles. The average molecular weight is 309 g/mol. The van der Waals surface area contributed by atoms with Crippen LogP contribution in [0.15, 0.2) is 22.7 Å². The van der Waals surface area contributed by atoms with Crippen molar-refractivity contribution in [2.45, 2.75) is 25.9 Å². The zero-order valence-electron chi connectivity index (χ0n) is 9.22. The minimum atomic E-state index is -4.33. The van der Waals surface area contributed by atoms with Crippen LogP contribution in [0.4, 0.5) is 13.2 Å². The van der Waals surface area contributed by atoms with Gasteiger partial charge in [0.2, 0.25) is 0 Å². The van der Waals surface area contributed by atoms with E-state index in [1.54, 1.807) is 6.92 Å². The molecule has 1 rings (SSSR count). The van der Waals surface area contributed by atoms with Crippen LogP contribution in [0, 0.1) is 5.92 Å². The highest BCUT2D eigenvalue weighted by atomic mass is 79.9. The predicted molar refractivity (Wildman–Crippen MR) is 62.7 cm³/mol. The van der Waals surface area contributed by atoms with Crippen molar-refractivity contribution < 1.29 is 18.0 Å². The van der Waals surface area contributed by atoms with E-state index in [1.807, 2.05) is 0 Å². The molecule has 1 atom stereocenters. The van der Waals surface area contributed by atoms with Gasteiger partial charge in [0, 0.05) is 10.4 Å². The Morgan fingerprint density at radius 2 is 2.06 bits per heavy atom. The van der Waals surface area contributed by atoms with Gasteiger partial charge in [0.1, 0.15) is 6.29 Å². The average Bonchev–Trinajstić information content (AvgIpc) is 2.26. The molecule has 0 amide bonds. The van der Waals surface area contributed by atoms with Gasteiger partial charge in [-0.05, 0) is 36.6 Å². The van der Waals surface area contributed by atoms with Gasteiger partial charge < -0.3 is 4.79 Å². The van der Waals surface area contributed by atoms with E-state index in [2.05, 4.69) is 15.9 Å². The molecule has 0 saturated carbocycles. The van der Waals surface area contributed by atoms with E-state index in [-0.39, 0.29) is 5.92 Å². The summed E-state index contributed by atoms with van der Waals surface area (Å²) >= 11 is 3.21. The molecule has 1 aromatic rings. The molecule has 0 radical (unpaired) electrons. The number of hydrogen-bond donors (Lipinski definition) is 0. The highest BCUT2D eigenvalue weighted by molar-refractivity contribution is 9.10. The molecular weight excluding hydrogens is 297 g/mol. The molecule has 0 bridgehead atoms. The fraction of sp³-hybridized carbons (Fsp3) is 0.417. The molecule has 1 aromatic carbocycles. The second-order valence-electron chi connectivity index (χ2n) is 3.96. The van der Waals surface area contributed by atoms with Crippen LogP contribution in [0.1, 0.15) is 24.5 Å². The molecular formula is C12H12BrF3O. The predicted octanol–water partition coefficient (Wildman–Crippen LogP) is 4.24. The van der Waals surface area contributed by atoms with Gasteiger partial charge in [-0.15, -0.1) is 0 Å². The van der Waals surface area contributed by atoms with Crippen molar-refractivity contribution in [1.29, 1.82) is 0 Å². The Hall–Kier alpha value is -0.840. The first-order valence-corrected chi connectivity index (χ1v) is 5.95. The van der Waals surface area contributed by atoms with Gasteiger partial charge in [0.05, 0.1) is 5.56 Å². The van der Waals surface area contributed by atoms with Crippen LogP contribution < -0.4 is 0 Å². The molecule has 0 aliphatic heterocycles. The molecule has 0 N–H and O–H groups in total. The van der Waals surface area contributed by atoms with Gasteiger partial charge in [0.15, 0.2) is 0 Å². The quantitative estimate of drug-likeness (QED) is 0.761. The molecule has 17 heavy (non-hydrogen) atoms. The zero-order chi connectivity index (χ0) is 13.1. The van der Waals surface area contributed by atoms with E-state index in [0.717, 1.165) is 18.4 Å². The van der Waals surface area contributed by atoms with E-state index in [4.69, 9.17) is 0 Å². The number of carbonyl (C=O) groups is 1. The third-order valence-corrected chi connectivity index (χ3v) is 3.25. The molecule has 0 spiro atoms. The summed E-state index contributed by atoms with van der Waals surface area (Å²) in [5.41, 5.74) is -0.0806. The van der Waals surface area contributed by atoms with Crippen LogP contribution in [-0.2, 0) is 17.4 Å². The normalized spacial score (nSPS) is 13.5. The Bertz CT molecular complexity index is 401. The number of alkyl halides is 3. The van der Waals surface area contributed by atoms with Gasteiger partial charge in [0.25, 0.3) is 0 Å². The number of aryl methyl sites for hydroxylation is 1. The Kier molecular flexibility index (Phi) is 4.74. The SMILES string of the molecule is C[C@H](C=O)CCc1cc(C(F)(F)F)ccc1Br. The second kappa shape index (κ2) is 5.67. The van der Waals surface area contributed by atoms with Crippen molar-refractivity contribution in [3.05, 3.63) is 33.8 Å². The highest BCUT2D eigenvalue weighted by Gasteiger charge is 2.30. The van der Waals surface area contributed by atoms with E-state index < -0.39 is 11.7 Å². The van der Waals surface area contributed by atoms with Gasteiger partial charge in [-0.2, -0.15) is 13.2 Å². The van der Waals surface area contributed by atoms with Crippen molar-refractivity contribution >= 4 is 22.2 Å². The monoisotopic (exact) mass is 308 g/mol. The highest BCUT2D eigenvalue weighted by Crippen LogP contribution is 2.32. The van der Waals surface area contributed by atoms with Crippen molar-refractivity contribution in [2.24, 2.45) is 5.92 Å². The molecule has 0 unspecified atom stereocenters. The Labute approximate surface area is 106 Å². The van der Waals surface area contributed by atoms with Gasteiger partial charge in [-0.1, -0.05) is 22.9 Å². The number of benzene rings is 1. The largest absolute Gasteiger partial charge is 0.416 e. The second-order valence-corrected chi connectivity index (χ2v) is 4.81. The molecule has 1 nitrogen and oxygen atoms in total. The summed E-state index contributed by atoms with van der Waals surface area (Å²) in [6.45, 7) is 1.74. The molecule has 0 heterocycles. The van der Waals surface area contributed by atoms with Crippen LogP contribution in [0.25, 0.3) is 0 Å². The van der Waals surface area contributed by atoms with E-state index >= 15 is 0 Å². The topological polar surface area (TPSA) is 17.1 Å². The number of hydrogen-bond acceptors (Lipinski definition) is 1. The Morgan fingerprint density at radius 1 is 1.41 bits per heavy atom. The van der Waals surface area contributed by atoms with E-state index in [9.17, 15) is 18.0 Å². The molecule has 94 valence electrons. The summed E-state index contributed by atoms with van der Waals surface area (Å²) in [6, 6.07) is 3.56. The lowest BCUT2D eigenvalue weighted by Gasteiger charge is -2.11. The zero-order valence-corrected chi connectivity index (χ0v) is 10.8. The van der Waals surface area contributed by atoms with Crippen molar-refractivity contribution in [3.63, 3.8) is 0 Å². The summed E-state index contributed by atoms with van der Waals surface area (Å²) in [5, 5.41) is 0. The van der Waals surface area contributed by atoms with Crippen LogP contribution >= 0.6 is 15.9 Å². The number of halogens is 4. The summed E-state index contributed by atoms with van der Waals surface area (Å²) in [5.74, 6) is -0.142. The number of aldehydes is 1. The minimum absolute atomic E-state index is 0.142. The third kappa shape index (κ3) is 4.15. The maximum Gasteiger partial charge on any atom is 0.416 e. The molecule has 0 aliphatic carbocycles. The van der Waals surface area contributed by atoms with Gasteiger partial charge in [-0.3, -0.25) is 0 Å².